The minimum Gasteiger partial charge on any atom is -0.387 e. The molecule has 0 unspecified atom stereocenters. The molecule has 1 atom stereocenters. The molecular formula is C18H18N2O2S. The van der Waals surface area contributed by atoms with Crippen molar-refractivity contribution in [3.8, 4) is 0 Å². The SMILES string of the molecule is Cc1ccccc1NC(=O)NC[C@H](O)c1csc2ccccc12. The number of thiophene rings is 1. The molecule has 0 saturated carbocycles. The van der Waals surface area contributed by atoms with Crippen LogP contribution in [0.1, 0.15) is 17.2 Å². The standard InChI is InChI=1S/C18H18N2O2S/c1-12-6-2-4-8-15(12)20-18(22)19-10-16(21)14-11-23-17-9-5-3-7-13(14)17/h2-9,11,16,21H,10H2,1H3,(H2,19,20,22)/t16-/m0/s1. The van der Waals surface area contributed by atoms with E-state index in [1.165, 1.54) is 0 Å². The van der Waals surface area contributed by atoms with Gasteiger partial charge < -0.3 is 15.7 Å². The molecule has 4 nitrogen and oxygen atoms in total. The van der Waals surface area contributed by atoms with Crippen molar-refractivity contribution in [1.29, 1.82) is 0 Å². The van der Waals surface area contributed by atoms with Crippen LogP contribution in [0.25, 0.3) is 10.1 Å². The number of aryl methyl sites for hydroxylation is 1. The first-order valence-corrected chi connectivity index (χ1v) is 8.28. The fourth-order valence-electron chi connectivity index (χ4n) is 2.44. The van der Waals surface area contributed by atoms with E-state index in [1.54, 1.807) is 11.3 Å². The summed E-state index contributed by atoms with van der Waals surface area (Å²) in [6, 6.07) is 15.2. The molecule has 0 saturated heterocycles. The second kappa shape index (κ2) is 6.81. The third-order valence-electron chi connectivity index (χ3n) is 3.72. The maximum atomic E-state index is 12.0. The Bertz CT molecular complexity index is 829. The number of hydrogen-bond donors (Lipinski definition) is 3. The van der Waals surface area contributed by atoms with E-state index in [4.69, 9.17) is 0 Å². The first kappa shape index (κ1) is 15.5. The number of aliphatic hydroxyl groups is 1. The number of rotatable bonds is 4. The summed E-state index contributed by atoms with van der Waals surface area (Å²) < 4.78 is 1.13. The van der Waals surface area contributed by atoms with Crippen molar-refractivity contribution < 1.29 is 9.90 Å². The summed E-state index contributed by atoms with van der Waals surface area (Å²) in [5.74, 6) is 0. The van der Waals surface area contributed by atoms with Crippen LogP contribution in [-0.2, 0) is 0 Å². The average molecular weight is 326 g/mol. The Kier molecular flexibility index (Phi) is 4.60. The molecular weight excluding hydrogens is 308 g/mol. The van der Waals surface area contributed by atoms with Gasteiger partial charge in [0.2, 0.25) is 0 Å². The number of urea groups is 1. The Morgan fingerprint density at radius 3 is 2.74 bits per heavy atom. The number of hydrogen-bond acceptors (Lipinski definition) is 3. The van der Waals surface area contributed by atoms with Crippen molar-refractivity contribution in [3.63, 3.8) is 0 Å². The lowest BCUT2D eigenvalue weighted by Crippen LogP contribution is -2.32. The lowest BCUT2D eigenvalue weighted by atomic mass is 10.1. The highest BCUT2D eigenvalue weighted by molar-refractivity contribution is 7.17. The van der Waals surface area contributed by atoms with E-state index in [9.17, 15) is 9.90 Å². The van der Waals surface area contributed by atoms with E-state index < -0.39 is 6.10 Å². The highest BCUT2D eigenvalue weighted by Crippen LogP contribution is 2.29. The van der Waals surface area contributed by atoms with Crippen LogP contribution in [-0.4, -0.2) is 17.7 Å². The van der Waals surface area contributed by atoms with Crippen LogP contribution in [0.15, 0.2) is 53.9 Å². The number of amides is 2. The van der Waals surface area contributed by atoms with Gasteiger partial charge in [-0.2, -0.15) is 0 Å². The van der Waals surface area contributed by atoms with E-state index in [2.05, 4.69) is 10.6 Å². The lowest BCUT2D eigenvalue weighted by molar-refractivity contribution is 0.177. The predicted octanol–water partition coefficient (Wildman–Crippen LogP) is 4.06. The highest BCUT2D eigenvalue weighted by atomic mass is 32.1. The molecule has 0 aliphatic rings. The zero-order chi connectivity index (χ0) is 16.2. The summed E-state index contributed by atoms with van der Waals surface area (Å²) in [7, 11) is 0. The molecule has 0 bridgehead atoms. The van der Waals surface area contributed by atoms with Crippen LogP contribution in [0.2, 0.25) is 0 Å². The van der Waals surface area contributed by atoms with Gasteiger partial charge in [-0.25, -0.2) is 4.79 Å². The number of carbonyl (C=O) groups excluding carboxylic acids is 1. The summed E-state index contributed by atoms with van der Waals surface area (Å²) in [5.41, 5.74) is 2.61. The first-order valence-electron chi connectivity index (χ1n) is 7.40. The van der Waals surface area contributed by atoms with Gasteiger partial charge in [0.15, 0.2) is 0 Å². The second-order valence-electron chi connectivity index (χ2n) is 5.35. The van der Waals surface area contributed by atoms with Gasteiger partial charge >= 0.3 is 6.03 Å². The van der Waals surface area contributed by atoms with E-state index in [0.717, 1.165) is 26.9 Å². The number of benzene rings is 2. The molecule has 1 heterocycles. The molecule has 2 amide bonds. The van der Waals surface area contributed by atoms with Gasteiger partial charge in [-0.1, -0.05) is 36.4 Å². The van der Waals surface area contributed by atoms with Gasteiger partial charge in [0.05, 0.1) is 6.10 Å². The van der Waals surface area contributed by atoms with Crippen molar-refractivity contribution in [2.24, 2.45) is 0 Å². The van der Waals surface area contributed by atoms with Gasteiger partial charge in [0.1, 0.15) is 0 Å². The molecule has 1 aromatic heterocycles. The molecule has 0 aliphatic heterocycles. The fourth-order valence-corrected chi connectivity index (χ4v) is 3.44. The van der Waals surface area contributed by atoms with E-state index in [1.807, 2.05) is 60.8 Å². The summed E-state index contributed by atoms with van der Waals surface area (Å²) in [6.07, 6.45) is -0.728. The second-order valence-corrected chi connectivity index (χ2v) is 6.26. The first-order chi connectivity index (χ1) is 11.1. The molecule has 118 valence electrons. The van der Waals surface area contributed by atoms with Gasteiger partial charge in [-0.3, -0.25) is 0 Å². The normalized spacial score (nSPS) is 12.1. The summed E-state index contributed by atoms with van der Waals surface area (Å²) in [4.78, 5) is 12.0. The van der Waals surface area contributed by atoms with E-state index in [0.29, 0.717) is 0 Å². The Hall–Kier alpha value is -2.37. The average Bonchev–Trinajstić information content (AvgIpc) is 2.99. The van der Waals surface area contributed by atoms with Crippen molar-refractivity contribution in [3.05, 3.63) is 65.0 Å². The van der Waals surface area contributed by atoms with Crippen LogP contribution in [0.5, 0.6) is 0 Å². The molecule has 0 radical (unpaired) electrons. The van der Waals surface area contributed by atoms with Gasteiger partial charge in [0.25, 0.3) is 0 Å². The molecule has 0 spiro atoms. The molecule has 5 heteroatoms. The van der Waals surface area contributed by atoms with Gasteiger partial charge in [0, 0.05) is 22.5 Å². The Labute approximate surface area is 138 Å². The molecule has 23 heavy (non-hydrogen) atoms. The van der Waals surface area contributed by atoms with Crippen molar-refractivity contribution in [2.75, 3.05) is 11.9 Å². The Morgan fingerprint density at radius 1 is 1.17 bits per heavy atom. The minimum atomic E-state index is -0.728. The zero-order valence-corrected chi connectivity index (χ0v) is 13.6. The molecule has 3 N–H and O–H groups in total. The molecule has 0 aliphatic carbocycles. The van der Waals surface area contributed by atoms with Gasteiger partial charge in [-0.15, -0.1) is 11.3 Å². The Morgan fingerprint density at radius 2 is 1.91 bits per heavy atom. The monoisotopic (exact) mass is 326 g/mol. The molecule has 0 fully saturated rings. The van der Waals surface area contributed by atoms with E-state index >= 15 is 0 Å². The number of nitrogens with one attached hydrogen (secondary N) is 2. The topological polar surface area (TPSA) is 61.4 Å². The lowest BCUT2D eigenvalue weighted by Gasteiger charge is -2.13. The van der Waals surface area contributed by atoms with Crippen LogP contribution < -0.4 is 10.6 Å². The number of fused-ring (bicyclic) bond motifs is 1. The fraction of sp³-hybridized carbons (Fsp3) is 0.167. The highest BCUT2D eigenvalue weighted by Gasteiger charge is 2.14. The number of carbonyl (C=O) groups is 1. The number of para-hydroxylation sites is 1. The zero-order valence-electron chi connectivity index (χ0n) is 12.7. The molecule has 3 rings (SSSR count). The van der Waals surface area contributed by atoms with Crippen LogP contribution >= 0.6 is 11.3 Å². The third-order valence-corrected chi connectivity index (χ3v) is 4.70. The number of aliphatic hydroxyl groups excluding tert-OH is 1. The smallest absolute Gasteiger partial charge is 0.319 e. The van der Waals surface area contributed by atoms with Crippen LogP contribution in [0.4, 0.5) is 10.5 Å². The summed E-state index contributed by atoms with van der Waals surface area (Å²) >= 11 is 1.59. The summed E-state index contributed by atoms with van der Waals surface area (Å²) in [6.45, 7) is 2.10. The van der Waals surface area contributed by atoms with Crippen LogP contribution in [0, 0.1) is 6.92 Å². The van der Waals surface area contributed by atoms with Crippen LogP contribution in [0.3, 0.4) is 0 Å². The molecule has 2 aromatic carbocycles. The van der Waals surface area contributed by atoms with Crippen molar-refractivity contribution in [1.82, 2.24) is 5.32 Å². The largest absolute Gasteiger partial charge is 0.387 e. The van der Waals surface area contributed by atoms with Crippen molar-refractivity contribution in [2.45, 2.75) is 13.0 Å². The molecule has 3 aromatic rings. The maximum absolute atomic E-state index is 12.0. The summed E-state index contributed by atoms with van der Waals surface area (Å²) in [5, 5.41) is 18.8. The van der Waals surface area contributed by atoms with Gasteiger partial charge in [-0.05, 0) is 35.4 Å². The minimum absolute atomic E-state index is 0.165. The predicted molar refractivity (Wildman–Crippen MR) is 95.0 cm³/mol. The Balaban J connectivity index is 1.61. The van der Waals surface area contributed by atoms with Crippen molar-refractivity contribution >= 4 is 33.1 Å². The number of anilines is 1. The quantitative estimate of drug-likeness (QED) is 0.677. The third kappa shape index (κ3) is 3.52. The van der Waals surface area contributed by atoms with E-state index in [-0.39, 0.29) is 12.6 Å². The maximum Gasteiger partial charge on any atom is 0.319 e.